The first kappa shape index (κ1) is 13.5. The molecule has 0 aliphatic rings. The van der Waals surface area contributed by atoms with Crippen molar-refractivity contribution in [2.24, 2.45) is 17.4 Å². The highest BCUT2D eigenvalue weighted by atomic mass is 28.3. The van der Waals surface area contributed by atoms with Crippen molar-refractivity contribution in [3.8, 4) is 0 Å². The van der Waals surface area contributed by atoms with Gasteiger partial charge in [0, 0.05) is 0 Å². The molecule has 0 spiro atoms. The van der Waals surface area contributed by atoms with Gasteiger partial charge in [-0.3, -0.25) is 4.46 Å². The summed E-state index contributed by atoms with van der Waals surface area (Å²) >= 11 is 0. The summed E-state index contributed by atoms with van der Waals surface area (Å²) in [6.45, 7) is 3.06. The highest BCUT2D eigenvalue weighted by molar-refractivity contribution is 6.26. The van der Waals surface area contributed by atoms with Crippen molar-refractivity contribution < 1.29 is 13.3 Å². The lowest BCUT2D eigenvalue weighted by Crippen LogP contribution is -2.26. The lowest BCUT2D eigenvalue weighted by atomic mass is 9.99. The zero-order valence-corrected chi connectivity index (χ0v) is 9.86. The fraction of sp³-hybridized carbons (Fsp3) is 1.00. The van der Waals surface area contributed by atoms with Crippen LogP contribution in [0.3, 0.4) is 0 Å². The van der Waals surface area contributed by atoms with Gasteiger partial charge in [0.05, 0.1) is 13.2 Å². The van der Waals surface area contributed by atoms with E-state index >= 15 is 0 Å². The van der Waals surface area contributed by atoms with Gasteiger partial charge in [0.2, 0.25) is 0 Å². The Morgan fingerprint density at radius 2 is 2.07 bits per heavy atom. The smallest absolute Gasteiger partial charge is 0.499 e. The Bertz CT molecular complexity index is 169. The Balaban J connectivity index is 3.77. The van der Waals surface area contributed by atoms with Gasteiger partial charge in [0.1, 0.15) is 0 Å². The summed E-state index contributed by atoms with van der Waals surface area (Å²) in [7, 11) is -0.949. The van der Waals surface area contributed by atoms with Crippen LogP contribution < -0.4 is 11.5 Å². The normalized spacial score (nSPS) is 14.6. The quantitative estimate of drug-likeness (QED) is 0.552. The predicted octanol–water partition coefficient (Wildman–Crippen LogP) is -0.233. The van der Waals surface area contributed by atoms with E-state index in [2.05, 4.69) is 4.43 Å². The third kappa shape index (κ3) is 6.06. The van der Waals surface area contributed by atoms with E-state index in [9.17, 15) is 4.46 Å². The first-order valence-corrected chi connectivity index (χ1v) is 6.01. The Kier molecular flexibility index (Phi) is 7.64. The Hall–Kier alpha value is -0.463. The standard InChI is InChI=1S/C8H20N2O3Si/c1-7(13-14(11)12-2)5-8(6-10)3-4-9/h7-8H,3-6,9-10H2,1-2H3. The monoisotopic (exact) mass is 220 g/mol. The zero-order chi connectivity index (χ0) is 11.0. The molecule has 0 saturated carbocycles. The second kappa shape index (κ2) is 7.90. The van der Waals surface area contributed by atoms with Gasteiger partial charge < -0.3 is 20.3 Å². The van der Waals surface area contributed by atoms with Crippen LogP contribution in [0, 0.1) is 5.92 Å². The Labute approximate surface area is 86.7 Å². The second-order valence-electron chi connectivity index (χ2n) is 3.30. The van der Waals surface area contributed by atoms with Crippen LogP contribution in [0.1, 0.15) is 19.8 Å². The molecule has 2 unspecified atom stereocenters. The van der Waals surface area contributed by atoms with Crippen LogP contribution in [-0.2, 0) is 13.3 Å². The first-order chi connectivity index (χ1) is 6.63. The van der Waals surface area contributed by atoms with Gasteiger partial charge in [-0.1, -0.05) is 0 Å². The maximum absolute atomic E-state index is 10.9. The lowest BCUT2D eigenvalue weighted by Gasteiger charge is -2.18. The highest BCUT2D eigenvalue weighted by Crippen LogP contribution is 2.11. The van der Waals surface area contributed by atoms with Crippen LogP contribution in [-0.4, -0.2) is 35.5 Å². The number of nitrogens with two attached hydrogens (primary N) is 2. The third-order valence-electron chi connectivity index (χ3n) is 2.04. The van der Waals surface area contributed by atoms with Crippen LogP contribution in [0.5, 0.6) is 0 Å². The third-order valence-corrected chi connectivity index (χ3v) is 2.97. The van der Waals surface area contributed by atoms with Crippen LogP contribution in [0.2, 0.25) is 0 Å². The number of rotatable bonds is 8. The molecule has 84 valence electrons. The summed E-state index contributed by atoms with van der Waals surface area (Å²) in [6, 6.07) is 0. The minimum Gasteiger partial charge on any atom is -0.499 e. The average molecular weight is 220 g/mol. The van der Waals surface area contributed by atoms with Gasteiger partial charge in [0.15, 0.2) is 0 Å². The molecule has 0 aliphatic heterocycles. The minimum absolute atomic E-state index is 0.0959. The highest BCUT2D eigenvalue weighted by Gasteiger charge is 2.17. The maximum Gasteiger partial charge on any atom is 0.767 e. The first-order valence-electron chi connectivity index (χ1n) is 4.78. The Morgan fingerprint density at radius 3 is 2.50 bits per heavy atom. The molecule has 0 rings (SSSR count). The molecule has 4 N–H and O–H groups in total. The van der Waals surface area contributed by atoms with Crippen LogP contribution >= 0.6 is 0 Å². The average Bonchev–Trinajstić information content (AvgIpc) is 2.16. The molecule has 14 heavy (non-hydrogen) atoms. The van der Waals surface area contributed by atoms with Gasteiger partial charge in [-0.25, -0.2) is 0 Å². The van der Waals surface area contributed by atoms with Crippen LogP contribution in [0.15, 0.2) is 0 Å². The molecule has 5 nitrogen and oxygen atoms in total. The molecule has 0 bridgehead atoms. The molecule has 2 atom stereocenters. The van der Waals surface area contributed by atoms with Crippen molar-refractivity contribution in [2.75, 3.05) is 20.2 Å². The molecule has 0 heterocycles. The van der Waals surface area contributed by atoms with Crippen LogP contribution in [0.4, 0.5) is 0 Å². The molecule has 0 saturated heterocycles. The van der Waals surface area contributed by atoms with Gasteiger partial charge in [-0.2, -0.15) is 0 Å². The van der Waals surface area contributed by atoms with Gasteiger partial charge in [-0.05, 0) is 38.8 Å². The number of hydrogen-bond donors (Lipinski definition) is 2. The summed E-state index contributed by atoms with van der Waals surface area (Å²) in [4.78, 5) is 0. The van der Waals surface area contributed by atoms with E-state index in [1.165, 1.54) is 7.11 Å². The van der Waals surface area contributed by atoms with E-state index in [-0.39, 0.29) is 6.10 Å². The molecule has 0 aromatic rings. The van der Waals surface area contributed by atoms with Crippen LogP contribution in [0.25, 0.3) is 0 Å². The van der Waals surface area contributed by atoms with Gasteiger partial charge in [-0.15, -0.1) is 0 Å². The molecule has 6 heteroatoms. The van der Waals surface area contributed by atoms with Crippen molar-refractivity contribution in [1.29, 1.82) is 0 Å². The molecule has 0 aliphatic carbocycles. The van der Waals surface area contributed by atoms with E-state index in [1.807, 2.05) is 6.92 Å². The van der Waals surface area contributed by atoms with E-state index in [4.69, 9.17) is 15.9 Å². The zero-order valence-electron chi connectivity index (χ0n) is 8.86. The van der Waals surface area contributed by atoms with Gasteiger partial charge >= 0.3 is 9.17 Å². The van der Waals surface area contributed by atoms with E-state index in [0.717, 1.165) is 12.8 Å². The van der Waals surface area contributed by atoms with E-state index in [1.54, 1.807) is 0 Å². The van der Waals surface area contributed by atoms with Gasteiger partial charge in [0.25, 0.3) is 0 Å². The topological polar surface area (TPSA) is 87.6 Å². The fourth-order valence-electron chi connectivity index (χ4n) is 1.30. The van der Waals surface area contributed by atoms with Crippen molar-refractivity contribution in [3.05, 3.63) is 0 Å². The van der Waals surface area contributed by atoms with Crippen molar-refractivity contribution in [1.82, 2.24) is 0 Å². The Morgan fingerprint density at radius 1 is 1.43 bits per heavy atom. The molecule has 0 fully saturated rings. The molecule has 0 aromatic carbocycles. The fourth-order valence-corrected chi connectivity index (χ4v) is 1.82. The predicted molar refractivity (Wildman–Crippen MR) is 54.8 cm³/mol. The van der Waals surface area contributed by atoms with Crippen molar-refractivity contribution in [3.63, 3.8) is 0 Å². The molecule has 0 radical (unpaired) electrons. The van der Waals surface area contributed by atoms with E-state index in [0.29, 0.717) is 19.0 Å². The molecule has 0 aromatic heterocycles. The number of hydrogen-bond acceptors (Lipinski definition) is 5. The molecular weight excluding hydrogens is 200 g/mol. The summed E-state index contributed by atoms with van der Waals surface area (Å²) in [6.07, 6.45) is 1.55. The second-order valence-corrected chi connectivity index (χ2v) is 4.44. The minimum atomic E-state index is -2.32. The summed E-state index contributed by atoms with van der Waals surface area (Å²) < 4.78 is 20.6. The summed E-state index contributed by atoms with van der Waals surface area (Å²) in [5.74, 6) is 0.335. The van der Waals surface area contributed by atoms with Crippen molar-refractivity contribution in [2.45, 2.75) is 25.9 Å². The molecular formula is C8H20N2O3Si. The largest absolute Gasteiger partial charge is 0.767 e. The lowest BCUT2D eigenvalue weighted by molar-refractivity contribution is 0.123. The van der Waals surface area contributed by atoms with Crippen molar-refractivity contribution >= 4 is 9.17 Å². The van der Waals surface area contributed by atoms with E-state index < -0.39 is 9.17 Å². The maximum atomic E-state index is 10.9. The SMILES string of the molecule is CO[Si](=O)OC(C)CC(CN)CCN. The summed E-state index contributed by atoms with van der Waals surface area (Å²) in [5.41, 5.74) is 11.0. The summed E-state index contributed by atoms with van der Waals surface area (Å²) in [5, 5.41) is 0. The molecule has 0 amide bonds.